The first kappa shape index (κ1) is 14.2. The zero-order chi connectivity index (χ0) is 12.3. The van der Waals surface area contributed by atoms with Crippen LogP contribution in [0.3, 0.4) is 0 Å². The van der Waals surface area contributed by atoms with E-state index in [4.69, 9.17) is 0 Å². The molecule has 8 heteroatoms. The molecule has 0 rings (SSSR count). The van der Waals surface area contributed by atoms with E-state index >= 15 is 0 Å². The molecule has 15 heavy (non-hydrogen) atoms. The van der Waals surface area contributed by atoms with Crippen LogP contribution in [0.4, 0.5) is 8.78 Å². The molecular weight excluding hydrogens is 234 g/mol. The lowest BCUT2D eigenvalue weighted by Crippen LogP contribution is -2.35. The maximum atomic E-state index is 12.5. The van der Waals surface area contributed by atoms with Crippen LogP contribution in [-0.2, 0) is 19.6 Å². The van der Waals surface area contributed by atoms with Gasteiger partial charge in [-0.3, -0.25) is 4.79 Å². The standard InChI is InChI=1S/C7H12F2O5S/c1-3-5(2)6(10)14-4-7(8,9)15(11,12)13/h5H,3-4H2,1-2H3,(H,11,12,13)/p-1. The molecule has 0 bridgehead atoms. The fourth-order valence-corrected chi connectivity index (χ4v) is 0.740. The minimum Gasteiger partial charge on any atom is -0.743 e. The van der Waals surface area contributed by atoms with Gasteiger partial charge in [-0.05, 0) is 6.42 Å². The molecule has 5 nitrogen and oxygen atoms in total. The van der Waals surface area contributed by atoms with Gasteiger partial charge in [-0.1, -0.05) is 13.8 Å². The summed E-state index contributed by atoms with van der Waals surface area (Å²) in [4.78, 5) is 10.9. The van der Waals surface area contributed by atoms with Crippen molar-refractivity contribution in [2.24, 2.45) is 5.92 Å². The van der Waals surface area contributed by atoms with E-state index in [-0.39, 0.29) is 0 Å². The van der Waals surface area contributed by atoms with Crippen molar-refractivity contribution < 1.29 is 31.3 Å². The third kappa shape index (κ3) is 4.08. The molecule has 0 fully saturated rings. The number of carbonyl (C=O) groups excluding carboxylic acids is 1. The predicted molar refractivity (Wildman–Crippen MR) is 45.1 cm³/mol. The first-order chi connectivity index (χ1) is 6.62. The molecule has 0 aromatic carbocycles. The molecule has 0 saturated heterocycles. The van der Waals surface area contributed by atoms with Crippen LogP contribution in [0.15, 0.2) is 0 Å². The van der Waals surface area contributed by atoms with E-state index in [1.54, 1.807) is 6.92 Å². The minimum atomic E-state index is -5.79. The van der Waals surface area contributed by atoms with Gasteiger partial charge in [0.2, 0.25) is 0 Å². The molecule has 1 atom stereocenters. The number of hydrogen-bond donors (Lipinski definition) is 0. The van der Waals surface area contributed by atoms with Gasteiger partial charge >= 0.3 is 11.2 Å². The first-order valence-electron chi connectivity index (χ1n) is 4.11. The Kier molecular flexibility index (Phi) is 4.60. The maximum Gasteiger partial charge on any atom is 0.367 e. The van der Waals surface area contributed by atoms with Crippen LogP contribution in [0.5, 0.6) is 0 Å². The Balaban J connectivity index is 4.35. The van der Waals surface area contributed by atoms with Gasteiger partial charge in [0, 0.05) is 0 Å². The molecule has 0 aliphatic rings. The van der Waals surface area contributed by atoms with Gasteiger partial charge in [-0.25, -0.2) is 8.42 Å². The molecule has 0 aliphatic carbocycles. The molecule has 0 N–H and O–H groups in total. The molecule has 0 amide bonds. The Hall–Kier alpha value is -0.760. The molecule has 0 radical (unpaired) electrons. The van der Waals surface area contributed by atoms with Gasteiger partial charge in [0.05, 0.1) is 5.92 Å². The van der Waals surface area contributed by atoms with Crippen LogP contribution in [-0.4, -0.2) is 30.8 Å². The quantitative estimate of drug-likeness (QED) is 0.526. The number of halogens is 2. The van der Waals surface area contributed by atoms with Crippen LogP contribution in [0.25, 0.3) is 0 Å². The SMILES string of the molecule is CCC(C)C(=O)OCC(F)(F)S(=O)(=O)[O-]. The van der Waals surface area contributed by atoms with Crippen molar-refractivity contribution >= 4 is 16.1 Å². The van der Waals surface area contributed by atoms with Crippen molar-refractivity contribution in [2.75, 3.05) is 6.61 Å². The third-order valence-corrected chi connectivity index (χ3v) is 2.61. The highest BCUT2D eigenvalue weighted by molar-refractivity contribution is 7.86. The lowest BCUT2D eigenvalue weighted by molar-refractivity contribution is -0.154. The largest absolute Gasteiger partial charge is 0.743 e. The summed E-state index contributed by atoms with van der Waals surface area (Å²) < 4.78 is 59.0. The summed E-state index contributed by atoms with van der Waals surface area (Å²) >= 11 is 0. The molecule has 0 saturated carbocycles. The smallest absolute Gasteiger partial charge is 0.367 e. The lowest BCUT2D eigenvalue weighted by Gasteiger charge is -2.20. The normalized spacial score (nSPS) is 14.7. The van der Waals surface area contributed by atoms with Crippen molar-refractivity contribution in [2.45, 2.75) is 25.5 Å². The molecule has 1 unspecified atom stereocenters. The van der Waals surface area contributed by atoms with Crippen molar-refractivity contribution in [3.05, 3.63) is 0 Å². The van der Waals surface area contributed by atoms with Gasteiger partial charge in [0.15, 0.2) is 16.7 Å². The Morgan fingerprint density at radius 1 is 1.53 bits per heavy atom. The molecule has 0 spiro atoms. The number of hydrogen-bond acceptors (Lipinski definition) is 5. The van der Waals surface area contributed by atoms with Crippen LogP contribution >= 0.6 is 0 Å². The molecule has 0 aliphatic heterocycles. The average molecular weight is 245 g/mol. The zero-order valence-corrected chi connectivity index (χ0v) is 9.01. The highest BCUT2D eigenvalue weighted by Gasteiger charge is 2.39. The number of ether oxygens (including phenoxy) is 1. The van der Waals surface area contributed by atoms with Gasteiger partial charge in [-0.2, -0.15) is 8.78 Å². The van der Waals surface area contributed by atoms with E-state index in [2.05, 4.69) is 4.74 Å². The highest BCUT2D eigenvalue weighted by Crippen LogP contribution is 2.21. The second kappa shape index (κ2) is 4.84. The number of esters is 1. The Bertz CT molecular complexity index is 324. The van der Waals surface area contributed by atoms with E-state index in [0.717, 1.165) is 0 Å². The Labute approximate surface area is 86.2 Å². The van der Waals surface area contributed by atoms with Gasteiger partial charge in [-0.15, -0.1) is 0 Å². The highest BCUT2D eigenvalue weighted by atomic mass is 32.2. The van der Waals surface area contributed by atoms with E-state index in [0.29, 0.717) is 6.42 Å². The fraction of sp³-hybridized carbons (Fsp3) is 0.857. The summed E-state index contributed by atoms with van der Waals surface area (Å²) in [5, 5.41) is -4.57. The fourth-order valence-electron chi connectivity index (χ4n) is 0.536. The van der Waals surface area contributed by atoms with Crippen molar-refractivity contribution in [1.82, 2.24) is 0 Å². The second-order valence-electron chi connectivity index (χ2n) is 3.01. The van der Waals surface area contributed by atoms with Crippen molar-refractivity contribution in [3.8, 4) is 0 Å². The van der Waals surface area contributed by atoms with Gasteiger partial charge in [0.1, 0.15) is 0 Å². The topological polar surface area (TPSA) is 83.5 Å². The van der Waals surface area contributed by atoms with Crippen LogP contribution in [0.2, 0.25) is 0 Å². The third-order valence-electron chi connectivity index (χ3n) is 1.76. The number of rotatable bonds is 5. The summed E-state index contributed by atoms with van der Waals surface area (Å²) in [6.07, 6.45) is 0.370. The summed E-state index contributed by atoms with van der Waals surface area (Å²) in [6, 6.07) is 0. The lowest BCUT2D eigenvalue weighted by atomic mass is 10.1. The van der Waals surface area contributed by atoms with E-state index in [1.807, 2.05) is 0 Å². The predicted octanol–water partition coefficient (Wildman–Crippen LogP) is 0.714. The Morgan fingerprint density at radius 3 is 2.33 bits per heavy atom. The summed E-state index contributed by atoms with van der Waals surface area (Å²) in [6.45, 7) is 1.34. The van der Waals surface area contributed by atoms with Crippen LogP contribution < -0.4 is 0 Å². The van der Waals surface area contributed by atoms with Crippen molar-refractivity contribution in [3.63, 3.8) is 0 Å². The van der Waals surface area contributed by atoms with Crippen LogP contribution in [0.1, 0.15) is 20.3 Å². The second-order valence-corrected chi connectivity index (χ2v) is 4.51. The monoisotopic (exact) mass is 245 g/mol. The Morgan fingerprint density at radius 2 is 2.00 bits per heavy atom. The van der Waals surface area contributed by atoms with Crippen molar-refractivity contribution in [1.29, 1.82) is 0 Å². The molecular formula is C7H11F2O5S-. The van der Waals surface area contributed by atoms with E-state index < -0.39 is 33.9 Å². The average Bonchev–Trinajstić information content (AvgIpc) is 2.11. The number of carbonyl (C=O) groups is 1. The van der Waals surface area contributed by atoms with E-state index in [1.165, 1.54) is 6.92 Å². The molecule has 0 aromatic rings. The first-order valence-corrected chi connectivity index (χ1v) is 5.52. The summed E-state index contributed by atoms with van der Waals surface area (Å²) in [7, 11) is -5.79. The number of alkyl halides is 2. The summed E-state index contributed by atoms with van der Waals surface area (Å²) in [5.74, 6) is -1.57. The molecule has 90 valence electrons. The van der Waals surface area contributed by atoms with Gasteiger partial charge < -0.3 is 9.29 Å². The molecule has 0 heterocycles. The van der Waals surface area contributed by atoms with Crippen LogP contribution in [0, 0.1) is 5.92 Å². The molecule has 0 aromatic heterocycles. The van der Waals surface area contributed by atoms with Gasteiger partial charge in [0.25, 0.3) is 0 Å². The van der Waals surface area contributed by atoms with E-state index in [9.17, 15) is 26.5 Å². The minimum absolute atomic E-state index is 0.370. The maximum absolute atomic E-state index is 12.5. The zero-order valence-electron chi connectivity index (χ0n) is 8.20. The summed E-state index contributed by atoms with van der Waals surface area (Å²) in [5.41, 5.74) is 0.